The zero-order valence-electron chi connectivity index (χ0n) is 14.5. The number of aliphatic hydroxyl groups excluding tert-OH is 1. The molecule has 0 aromatic heterocycles. The van der Waals surface area contributed by atoms with Crippen molar-refractivity contribution in [2.24, 2.45) is 5.41 Å². The van der Waals surface area contributed by atoms with Gasteiger partial charge in [-0.15, -0.1) is 0 Å². The van der Waals surface area contributed by atoms with Crippen LogP contribution in [0.4, 0.5) is 4.39 Å². The Balaban J connectivity index is 2.03. The smallest absolute Gasteiger partial charge is 0.313 e. The van der Waals surface area contributed by atoms with E-state index in [1.54, 1.807) is 19.2 Å². The largest absolute Gasteiger partial charge is 0.481 e. The summed E-state index contributed by atoms with van der Waals surface area (Å²) >= 11 is 0. The number of aliphatic carboxylic acids is 1. The van der Waals surface area contributed by atoms with E-state index in [0.29, 0.717) is 44.9 Å². The van der Waals surface area contributed by atoms with Gasteiger partial charge in [-0.1, -0.05) is 12.1 Å². The lowest BCUT2D eigenvalue weighted by atomic mass is 9.73. The van der Waals surface area contributed by atoms with Crippen LogP contribution in [0.15, 0.2) is 24.3 Å². The molecule has 1 saturated heterocycles. The molecule has 0 bridgehead atoms. The number of benzene rings is 1. The molecule has 0 saturated carbocycles. The van der Waals surface area contributed by atoms with E-state index in [9.17, 15) is 19.4 Å². The number of carboxylic acids is 1. The molecule has 25 heavy (non-hydrogen) atoms. The van der Waals surface area contributed by atoms with Crippen LogP contribution in [0.2, 0.25) is 0 Å². The predicted octanol–water partition coefficient (Wildman–Crippen LogP) is 1.17. The van der Waals surface area contributed by atoms with Crippen LogP contribution in [-0.4, -0.2) is 73.8 Å². The Morgan fingerprint density at radius 3 is 2.68 bits per heavy atom. The standard InChI is InChI=1S/C18H26FNO5/c1-24-10-11-25-9-8-20-7-6-16(21)18(13-20,17(22)23)12-14-2-4-15(19)5-3-14/h2-5,16,21H,6-13H2,1H3,(H,22,23)/t16-,18-/m1/s1. The lowest BCUT2D eigenvalue weighted by Crippen LogP contribution is -2.57. The molecule has 1 aliphatic rings. The van der Waals surface area contributed by atoms with Gasteiger partial charge in [0.25, 0.3) is 0 Å². The first kappa shape index (κ1) is 19.8. The summed E-state index contributed by atoms with van der Waals surface area (Å²) in [7, 11) is 1.60. The highest BCUT2D eigenvalue weighted by Gasteiger charge is 2.49. The molecule has 0 radical (unpaired) electrons. The fraction of sp³-hybridized carbons (Fsp3) is 0.611. The van der Waals surface area contributed by atoms with Crippen LogP contribution in [0.25, 0.3) is 0 Å². The van der Waals surface area contributed by atoms with Gasteiger partial charge in [-0.05, 0) is 30.5 Å². The van der Waals surface area contributed by atoms with Gasteiger partial charge in [0.1, 0.15) is 11.2 Å². The average molecular weight is 355 g/mol. The van der Waals surface area contributed by atoms with Crippen molar-refractivity contribution in [3.8, 4) is 0 Å². The number of hydrogen-bond donors (Lipinski definition) is 2. The minimum atomic E-state index is -1.30. The number of ether oxygens (including phenoxy) is 2. The van der Waals surface area contributed by atoms with Crippen molar-refractivity contribution >= 4 is 5.97 Å². The second kappa shape index (κ2) is 9.24. The summed E-state index contributed by atoms with van der Waals surface area (Å²) in [5.41, 5.74) is -0.608. The van der Waals surface area contributed by atoms with Crippen LogP contribution in [-0.2, 0) is 20.7 Å². The van der Waals surface area contributed by atoms with Crippen LogP contribution in [0.1, 0.15) is 12.0 Å². The molecule has 1 aliphatic heterocycles. The summed E-state index contributed by atoms with van der Waals surface area (Å²) in [6.07, 6.45) is -0.406. The quantitative estimate of drug-likeness (QED) is 0.648. The molecule has 1 heterocycles. The van der Waals surface area contributed by atoms with E-state index >= 15 is 0 Å². The summed E-state index contributed by atoms with van der Waals surface area (Å²) < 4.78 is 23.4. The normalized spacial score (nSPS) is 24.4. The molecule has 0 amide bonds. The zero-order valence-corrected chi connectivity index (χ0v) is 14.5. The Morgan fingerprint density at radius 1 is 1.32 bits per heavy atom. The summed E-state index contributed by atoms with van der Waals surface area (Å²) in [5.74, 6) is -1.40. The van der Waals surface area contributed by atoms with Crippen LogP contribution in [0.5, 0.6) is 0 Å². The second-order valence-corrected chi connectivity index (χ2v) is 6.45. The van der Waals surface area contributed by atoms with Gasteiger partial charge >= 0.3 is 5.97 Å². The van der Waals surface area contributed by atoms with Crippen molar-refractivity contribution in [2.45, 2.75) is 18.9 Å². The molecule has 2 atom stereocenters. The number of carboxylic acid groups (broad SMARTS) is 1. The van der Waals surface area contributed by atoms with E-state index in [1.807, 2.05) is 4.90 Å². The lowest BCUT2D eigenvalue weighted by molar-refractivity contribution is -0.163. The number of likely N-dealkylation sites (tertiary alicyclic amines) is 1. The SMILES string of the molecule is COCCOCCN1CC[C@@H](O)[C@](Cc2ccc(F)cc2)(C(=O)O)C1. The number of nitrogens with zero attached hydrogens (tertiary/aromatic N) is 1. The Morgan fingerprint density at radius 2 is 2.04 bits per heavy atom. The lowest BCUT2D eigenvalue weighted by Gasteiger charge is -2.43. The minimum absolute atomic E-state index is 0.158. The Labute approximate surface area is 147 Å². The van der Waals surface area contributed by atoms with Gasteiger partial charge in [0.15, 0.2) is 0 Å². The van der Waals surface area contributed by atoms with Gasteiger partial charge < -0.3 is 19.7 Å². The predicted molar refractivity (Wildman–Crippen MR) is 89.9 cm³/mol. The summed E-state index contributed by atoms with van der Waals surface area (Å²) in [6.45, 7) is 2.93. The van der Waals surface area contributed by atoms with Crippen molar-refractivity contribution in [3.05, 3.63) is 35.6 Å². The van der Waals surface area contributed by atoms with E-state index < -0.39 is 17.5 Å². The van der Waals surface area contributed by atoms with Gasteiger partial charge in [-0.25, -0.2) is 4.39 Å². The number of piperidine rings is 1. The topological polar surface area (TPSA) is 79.2 Å². The van der Waals surface area contributed by atoms with Crippen LogP contribution >= 0.6 is 0 Å². The minimum Gasteiger partial charge on any atom is -0.481 e. The number of hydrogen-bond acceptors (Lipinski definition) is 5. The van der Waals surface area contributed by atoms with E-state index in [0.717, 1.165) is 0 Å². The van der Waals surface area contributed by atoms with E-state index in [4.69, 9.17) is 9.47 Å². The number of methoxy groups -OCH3 is 1. The summed E-state index contributed by atoms with van der Waals surface area (Å²) in [4.78, 5) is 14.0. The van der Waals surface area contributed by atoms with Gasteiger partial charge in [0.2, 0.25) is 0 Å². The molecule has 140 valence electrons. The fourth-order valence-electron chi connectivity index (χ4n) is 3.22. The van der Waals surface area contributed by atoms with Crippen molar-refractivity contribution in [2.75, 3.05) is 46.6 Å². The third-order valence-electron chi connectivity index (χ3n) is 4.70. The first-order valence-electron chi connectivity index (χ1n) is 8.43. The fourth-order valence-corrected chi connectivity index (χ4v) is 3.22. The molecule has 1 aromatic rings. The van der Waals surface area contributed by atoms with Gasteiger partial charge in [-0.3, -0.25) is 9.69 Å². The van der Waals surface area contributed by atoms with Gasteiger partial charge in [-0.2, -0.15) is 0 Å². The molecular weight excluding hydrogens is 329 g/mol. The Kier molecular flexibility index (Phi) is 7.31. The van der Waals surface area contributed by atoms with Gasteiger partial charge in [0, 0.05) is 26.7 Å². The molecule has 0 aliphatic carbocycles. The summed E-state index contributed by atoms with van der Waals surface area (Å²) in [5, 5.41) is 20.3. The molecule has 1 aromatic carbocycles. The molecule has 1 fully saturated rings. The van der Waals surface area contributed by atoms with Crippen molar-refractivity contribution in [1.82, 2.24) is 4.90 Å². The molecule has 6 nitrogen and oxygen atoms in total. The van der Waals surface area contributed by atoms with Gasteiger partial charge in [0.05, 0.1) is 25.9 Å². The highest BCUT2D eigenvalue weighted by Crippen LogP contribution is 2.34. The molecular formula is C18H26FNO5. The molecule has 2 rings (SSSR count). The first-order valence-corrected chi connectivity index (χ1v) is 8.43. The van der Waals surface area contributed by atoms with Crippen molar-refractivity contribution in [1.29, 1.82) is 0 Å². The van der Waals surface area contributed by atoms with E-state index in [2.05, 4.69) is 0 Å². The summed E-state index contributed by atoms with van der Waals surface area (Å²) in [6, 6.07) is 5.75. The zero-order chi connectivity index (χ0) is 18.3. The first-order chi connectivity index (χ1) is 12.0. The van der Waals surface area contributed by atoms with Crippen LogP contribution in [0.3, 0.4) is 0 Å². The molecule has 7 heteroatoms. The van der Waals surface area contributed by atoms with Crippen LogP contribution < -0.4 is 0 Å². The Bertz CT molecular complexity index is 553. The third-order valence-corrected chi connectivity index (χ3v) is 4.70. The maximum Gasteiger partial charge on any atom is 0.313 e. The number of carbonyl (C=O) groups is 1. The monoisotopic (exact) mass is 355 g/mol. The maximum absolute atomic E-state index is 13.1. The molecule has 0 unspecified atom stereocenters. The van der Waals surface area contributed by atoms with E-state index in [1.165, 1.54) is 12.1 Å². The molecule has 0 spiro atoms. The third kappa shape index (κ3) is 5.22. The highest BCUT2D eigenvalue weighted by atomic mass is 19.1. The maximum atomic E-state index is 13.1. The van der Waals surface area contributed by atoms with Crippen molar-refractivity contribution < 1.29 is 28.9 Å². The van der Waals surface area contributed by atoms with Crippen molar-refractivity contribution in [3.63, 3.8) is 0 Å². The second-order valence-electron chi connectivity index (χ2n) is 6.45. The number of halogens is 1. The average Bonchev–Trinajstić information content (AvgIpc) is 2.59. The van der Waals surface area contributed by atoms with Crippen LogP contribution in [0, 0.1) is 11.2 Å². The number of rotatable bonds is 9. The van der Waals surface area contributed by atoms with E-state index in [-0.39, 0.29) is 18.8 Å². The highest BCUT2D eigenvalue weighted by molar-refractivity contribution is 5.76. The molecule has 2 N–H and O–H groups in total. The Hall–Kier alpha value is -1.54. The number of aliphatic hydroxyl groups is 1.